The van der Waals surface area contributed by atoms with Crippen molar-refractivity contribution in [2.45, 2.75) is 33.1 Å². The third kappa shape index (κ3) is 6.26. The van der Waals surface area contributed by atoms with Crippen molar-refractivity contribution in [2.24, 2.45) is 0 Å². The highest BCUT2D eigenvalue weighted by molar-refractivity contribution is 5.93. The van der Waals surface area contributed by atoms with Gasteiger partial charge in [0.1, 0.15) is 11.3 Å². The monoisotopic (exact) mass is 473 g/mol. The van der Waals surface area contributed by atoms with Crippen molar-refractivity contribution in [3.8, 4) is 0 Å². The minimum atomic E-state index is -0.353. The molecule has 1 saturated heterocycles. The van der Waals surface area contributed by atoms with E-state index in [1.807, 2.05) is 38.1 Å². The molecule has 0 radical (unpaired) electrons. The molecule has 9 heteroatoms. The number of H-pyrrole nitrogens is 1. The van der Waals surface area contributed by atoms with E-state index >= 15 is 0 Å². The standard InChI is InChI=1S/C26H31N7O2/c1-4-6-13-20(5-2)35-17-21(34)28-26-31-23-22(24(32-26)33-14-8-7-9-15-33)29-25(30-23)27-19-12-10-11-18(3)16-19/h4-6,10-13,16H,1,7-9,14-15,17H2,2-3H3,(H3,27,28,29,30,31,32,34)/b13-6-,20-5+. The Bertz CT molecular complexity index is 1260. The van der Waals surface area contributed by atoms with Crippen LogP contribution >= 0.6 is 0 Å². The van der Waals surface area contributed by atoms with Crippen molar-refractivity contribution < 1.29 is 9.53 Å². The predicted molar refractivity (Wildman–Crippen MR) is 140 cm³/mol. The van der Waals surface area contributed by atoms with Crippen LogP contribution in [0, 0.1) is 6.92 Å². The number of fused-ring (bicyclic) bond motifs is 1. The number of aromatic amines is 1. The van der Waals surface area contributed by atoms with E-state index in [0.29, 0.717) is 17.4 Å². The Hall–Kier alpha value is -4.14. The lowest BCUT2D eigenvalue weighted by molar-refractivity contribution is -0.119. The van der Waals surface area contributed by atoms with Gasteiger partial charge < -0.3 is 19.9 Å². The van der Waals surface area contributed by atoms with Gasteiger partial charge in [-0.25, -0.2) is 0 Å². The van der Waals surface area contributed by atoms with Gasteiger partial charge in [-0.05, 0) is 63.0 Å². The van der Waals surface area contributed by atoms with Gasteiger partial charge in [-0.3, -0.25) is 10.1 Å². The van der Waals surface area contributed by atoms with E-state index in [9.17, 15) is 4.79 Å². The van der Waals surface area contributed by atoms with Crippen LogP contribution in [0.2, 0.25) is 0 Å². The van der Waals surface area contributed by atoms with E-state index in [1.165, 1.54) is 6.42 Å². The molecule has 1 aliphatic rings. The number of hydrogen-bond acceptors (Lipinski definition) is 7. The molecule has 0 atom stereocenters. The number of imidazole rings is 1. The normalized spacial score (nSPS) is 14.3. The van der Waals surface area contributed by atoms with Gasteiger partial charge in [-0.2, -0.15) is 15.0 Å². The molecule has 35 heavy (non-hydrogen) atoms. The Labute approximate surface area is 205 Å². The van der Waals surface area contributed by atoms with E-state index in [4.69, 9.17) is 4.74 Å². The van der Waals surface area contributed by atoms with Crippen LogP contribution in [-0.4, -0.2) is 45.5 Å². The first-order chi connectivity index (χ1) is 17.1. The minimum absolute atomic E-state index is 0.164. The van der Waals surface area contributed by atoms with Crippen LogP contribution < -0.4 is 15.5 Å². The highest BCUT2D eigenvalue weighted by atomic mass is 16.5. The molecule has 3 aromatic rings. The van der Waals surface area contributed by atoms with Crippen molar-refractivity contribution in [2.75, 3.05) is 35.2 Å². The van der Waals surface area contributed by atoms with Crippen LogP contribution in [0.1, 0.15) is 31.7 Å². The summed E-state index contributed by atoms with van der Waals surface area (Å²) in [7, 11) is 0. The maximum Gasteiger partial charge on any atom is 0.264 e. The number of carbonyl (C=O) groups is 1. The Balaban J connectivity index is 1.58. The highest BCUT2D eigenvalue weighted by Crippen LogP contribution is 2.28. The molecular weight excluding hydrogens is 442 g/mol. The minimum Gasteiger partial charge on any atom is -0.484 e. The molecule has 182 valence electrons. The van der Waals surface area contributed by atoms with Gasteiger partial charge in [0.25, 0.3) is 5.91 Å². The molecule has 0 aliphatic carbocycles. The molecule has 3 heterocycles. The lowest BCUT2D eigenvalue weighted by Gasteiger charge is -2.28. The number of benzene rings is 1. The second kappa shape index (κ2) is 11.3. The Morgan fingerprint density at radius 3 is 2.80 bits per heavy atom. The van der Waals surface area contributed by atoms with E-state index < -0.39 is 0 Å². The molecule has 2 aromatic heterocycles. The Morgan fingerprint density at radius 2 is 2.06 bits per heavy atom. The summed E-state index contributed by atoms with van der Waals surface area (Å²) < 4.78 is 5.56. The molecule has 0 saturated carbocycles. The van der Waals surface area contributed by atoms with Gasteiger partial charge in [0.15, 0.2) is 18.1 Å². The molecule has 0 spiro atoms. The zero-order chi connectivity index (χ0) is 24.6. The first kappa shape index (κ1) is 24.0. The number of hydrogen-bond donors (Lipinski definition) is 3. The first-order valence-corrected chi connectivity index (χ1v) is 11.8. The highest BCUT2D eigenvalue weighted by Gasteiger charge is 2.21. The number of anilines is 4. The second-order valence-electron chi connectivity index (χ2n) is 8.32. The SMILES string of the molecule is C=C/C=C\C(=C/C)OCC(=O)Nc1nc(N2CCCCC2)c2[nH]c(Nc3cccc(C)c3)nc2n1. The number of carbonyl (C=O) groups excluding carboxylic acids is 1. The third-order valence-corrected chi connectivity index (χ3v) is 5.57. The van der Waals surface area contributed by atoms with E-state index in [0.717, 1.165) is 48.5 Å². The smallest absolute Gasteiger partial charge is 0.264 e. The average molecular weight is 474 g/mol. The van der Waals surface area contributed by atoms with Crippen molar-refractivity contribution in [1.29, 1.82) is 0 Å². The molecule has 1 amide bonds. The molecule has 3 N–H and O–H groups in total. The summed E-state index contributed by atoms with van der Waals surface area (Å²) in [5.41, 5.74) is 3.29. The summed E-state index contributed by atoms with van der Waals surface area (Å²) in [6.07, 6.45) is 10.3. The number of aryl methyl sites for hydroxylation is 1. The number of nitrogens with zero attached hydrogens (tertiary/aromatic N) is 4. The fourth-order valence-corrected chi connectivity index (χ4v) is 3.89. The third-order valence-electron chi connectivity index (χ3n) is 5.57. The summed E-state index contributed by atoms with van der Waals surface area (Å²) in [5.74, 6) is 1.72. The number of aromatic nitrogens is 4. The summed E-state index contributed by atoms with van der Waals surface area (Å²) in [6.45, 7) is 9.13. The summed E-state index contributed by atoms with van der Waals surface area (Å²) in [6, 6.07) is 8.05. The number of allylic oxidation sites excluding steroid dienone is 4. The molecule has 4 rings (SSSR count). The van der Waals surface area contributed by atoms with Gasteiger partial charge in [-0.15, -0.1) is 0 Å². The van der Waals surface area contributed by atoms with Crippen LogP contribution in [0.3, 0.4) is 0 Å². The summed E-state index contributed by atoms with van der Waals surface area (Å²) in [4.78, 5) is 31.9. The lowest BCUT2D eigenvalue weighted by atomic mass is 10.1. The molecule has 9 nitrogen and oxygen atoms in total. The molecule has 1 aliphatic heterocycles. The second-order valence-corrected chi connectivity index (χ2v) is 8.32. The van der Waals surface area contributed by atoms with Gasteiger partial charge >= 0.3 is 0 Å². The number of amides is 1. The van der Waals surface area contributed by atoms with Crippen molar-refractivity contribution >= 4 is 40.5 Å². The maximum atomic E-state index is 12.6. The summed E-state index contributed by atoms with van der Waals surface area (Å²) >= 11 is 0. The number of nitrogens with one attached hydrogen (secondary N) is 3. The fourth-order valence-electron chi connectivity index (χ4n) is 3.89. The Morgan fingerprint density at radius 1 is 1.23 bits per heavy atom. The molecule has 0 unspecified atom stereocenters. The summed E-state index contributed by atoms with van der Waals surface area (Å²) in [5, 5.41) is 6.06. The van der Waals surface area contributed by atoms with Crippen molar-refractivity contribution in [1.82, 2.24) is 19.9 Å². The quantitative estimate of drug-likeness (QED) is 0.297. The number of piperidine rings is 1. The largest absolute Gasteiger partial charge is 0.484 e. The van der Waals surface area contributed by atoms with Gasteiger partial charge in [0.05, 0.1) is 0 Å². The first-order valence-electron chi connectivity index (χ1n) is 11.8. The van der Waals surface area contributed by atoms with Crippen molar-refractivity contribution in [3.63, 3.8) is 0 Å². The van der Waals surface area contributed by atoms with Gasteiger partial charge in [0, 0.05) is 18.8 Å². The Kier molecular flexibility index (Phi) is 7.77. The van der Waals surface area contributed by atoms with Crippen LogP contribution in [0.15, 0.2) is 60.9 Å². The lowest BCUT2D eigenvalue weighted by Crippen LogP contribution is -2.31. The zero-order valence-corrected chi connectivity index (χ0v) is 20.2. The maximum absolute atomic E-state index is 12.6. The average Bonchev–Trinajstić information content (AvgIpc) is 3.26. The van der Waals surface area contributed by atoms with Gasteiger partial charge in [-0.1, -0.05) is 30.9 Å². The van der Waals surface area contributed by atoms with Gasteiger partial charge in [0.2, 0.25) is 11.9 Å². The molecular formula is C26H31N7O2. The molecule has 1 aromatic carbocycles. The van der Waals surface area contributed by atoms with E-state index in [1.54, 1.807) is 24.3 Å². The van der Waals surface area contributed by atoms with Crippen LogP contribution in [0.25, 0.3) is 11.2 Å². The van der Waals surface area contributed by atoms with E-state index in [2.05, 4.69) is 42.0 Å². The molecule has 1 fully saturated rings. The zero-order valence-electron chi connectivity index (χ0n) is 20.2. The predicted octanol–water partition coefficient (Wildman–Crippen LogP) is 5.00. The van der Waals surface area contributed by atoms with Crippen molar-refractivity contribution in [3.05, 3.63) is 66.5 Å². The molecule has 0 bridgehead atoms. The van der Waals surface area contributed by atoms with Crippen LogP contribution in [-0.2, 0) is 9.53 Å². The fraction of sp³-hybridized carbons (Fsp3) is 0.308. The number of rotatable bonds is 9. The van der Waals surface area contributed by atoms with Crippen LogP contribution in [0.5, 0.6) is 0 Å². The number of ether oxygens (including phenoxy) is 1. The van der Waals surface area contributed by atoms with E-state index in [-0.39, 0.29) is 18.5 Å². The van der Waals surface area contributed by atoms with Crippen LogP contribution in [0.4, 0.5) is 23.4 Å². The topological polar surface area (TPSA) is 108 Å².